The van der Waals surface area contributed by atoms with Crippen molar-refractivity contribution < 1.29 is 9.90 Å². The van der Waals surface area contributed by atoms with Crippen LogP contribution in [0.5, 0.6) is 0 Å². The minimum atomic E-state index is 0.0902. The van der Waals surface area contributed by atoms with E-state index in [4.69, 9.17) is 0 Å². The topological polar surface area (TPSA) is 40.5 Å². The molecule has 0 radical (unpaired) electrons. The average molecular weight is 366 g/mol. The number of Topliss-reactive ketones (excluding diaryl/α,β-unsaturated/α-hetero) is 1. The second kappa shape index (κ2) is 10.4. The first-order chi connectivity index (χ1) is 13.3. The molecule has 1 saturated heterocycles. The van der Waals surface area contributed by atoms with Crippen LogP contribution < -0.4 is 0 Å². The third-order valence-electron chi connectivity index (χ3n) is 5.73. The smallest absolute Gasteiger partial charge is 0.148 e. The second-order valence-corrected chi connectivity index (χ2v) is 7.61. The molecule has 2 aromatic rings. The van der Waals surface area contributed by atoms with Gasteiger partial charge >= 0.3 is 0 Å². The van der Waals surface area contributed by atoms with E-state index in [0.717, 1.165) is 36.7 Å². The summed E-state index contributed by atoms with van der Waals surface area (Å²) in [7, 11) is 0. The number of likely N-dealkylation sites (tertiary alicyclic amines) is 1. The molecule has 4 rings (SSSR count). The van der Waals surface area contributed by atoms with Gasteiger partial charge in [0, 0.05) is 24.9 Å². The summed E-state index contributed by atoms with van der Waals surface area (Å²) in [6, 6.07) is 20.9. The van der Waals surface area contributed by atoms with Crippen LogP contribution >= 0.6 is 0 Å². The number of aliphatic hydroxyl groups is 1. The first kappa shape index (κ1) is 19.8. The van der Waals surface area contributed by atoms with E-state index < -0.39 is 0 Å². The standard InChI is InChI=1S/C14H14O.C10H17NO/c15-11-14(12-7-3-1-4-8-12)13-9-5-2-6-10-13;12-10-6-7-11(8-10)9-4-2-1-3-5-9/h1-10,14-15H,11H2;9H,1-8H2. The Hall–Kier alpha value is -1.97. The molecule has 2 fully saturated rings. The zero-order chi connectivity index (χ0) is 18.9. The molecular formula is C24H31NO2. The summed E-state index contributed by atoms with van der Waals surface area (Å²) < 4.78 is 0. The predicted molar refractivity (Wildman–Crippen MR) is 110 cm³/mol. The van der Waals surface area contributed by atoms with Gasteiger partial charge in [0.2, 0.25) is 0 Å². The van der Waals surface area contributed by atoms with Crippen molar-refractivity contribution in [3.63, 3.8) is 0 Å². The van der Waals surface area contributed by atoms with Gasteiger partial charge in [0.1, 0.15) is 5.78 Å². The van der Waals surface area contributed by atoms with Crippen LogP contribution in [0, 0.1) is 0 Å². The van der Waals surface area contributed by atoms with Crippen molar-refractivity contribution in [2.24, 2.45) is 0 Å². The van der Waals surface area contributed by atoms with Gasteiger partial charge in [0.15, 0.2) is 0 Å². The first-order valence-corrected chi connectivity index (χ1v) is 10.2. The lowest BCUT2D eigenvalue weighted by atomic mass is 9.92. The minimum absolute atomic E-state index is 0.0902. The number of hydrogen-bond donors (Lipinski definition) is 1. The number of carbonyl (C=O) groups excluding carboxylic acids is 1. The van der Waals surface area contributed by atoms with Crippen LogP contribution in [-0.4, -0.2) is 41.5 Å². The SMILES string of the molecule is O=C1CCN(C2CCCCC2)C1.OCC(c1ccccc1)c1ccccc1. The fourth-order valence-corrected chi connectivity index (χ4v) is 4.18. The molecule has 0 bridgehead atoms. The molecule has 1 saturated carbocycles. The van der Waals surface area contributed by atoms with Gasteiger partial charge in [-0.25, -0.2) is 0 Å². The van der Waals surface area contributed by atoms with Crippen molar-refractivity contribution in [1.82, 2.24) is 4.90 Å². The van der Waals surface area contributed by atoms with Crippen LogP contribution in [0.15, 0.2) is 60.7 Å². The number of rotatable bonds is 4. The van der Waals surface area contributed by atoms with E-state index in [9.17, 15) is 9.90 Å². The Morgan fingerprint density at radius 3 is 1.89 bits per heavy atom. The van der Waals surface area contributed by atoms with Crippen LogP contribution in [0.4, 0.5) is 0 Å². The molecule has 1 heterocycles. The summed E-state index contributed by atoms with van der Waals surface area (Å²) in [5, 5.41) is 9.43. The summed E-state index contributed by atoms with van der Waals surface area (Å²) in [5.41, 5.74) is 2.32. The first-order valence-electron chi connectivity index (χ1n) is 10.2. The van der Waals surface area contributed by atoms with E-state index in [2.05, 4.69) is 4.90 Å². The maximum atomic E-state index is 11.1. The van der Waals surface area contributed by atoms with Crippen LogP contribution in [0.3, 0.4) is 0 Å². The molecule has 3 heteroatoms. The Labute approximate surface area is 163 Å². The fourth-order valence-electron chi connectivity index (χ4n) is 4.18. The van der Waals surface area contributed by atoms with Crippen LogP contribution in [0.25, 0.3) is 0 Å². The number of carbonyl (C=O) groups is 1. The maximum absolute atomic E-state index is 11.1. The van der Waals surface area contributed by atoms with Crippen molar-refractivity contribution in [1.29, 1.82) is 0 Å². The van der Waals surface area contributed by atoms with Gasteiger partial charge in [-0.05, 0) is 24.0 Å². The normalized spacial score (nSPS) is 18.4. The fraction of sp³-hybridized carbons (Fsp3) is 0.458. The lowest BCUT2D eigenvalue weighted by molar-refractivity contribution is -0.117. The maximum Gasteiger partial charge on any atom is 0.148 e. The van der Waals surface area contributed by atoms with Crippen molar-refractivity contribution in [3.05, 3.63) is 71.8 Å². The number of hydrogen-bond acceptors (Lipinski definition) is 3. The lowest BCUT2D eigenvalue weighted by Gasteiger charge is -2.29. The highest BCUT2D eigenvalue weighted by atomic mass is 16.3. The molecule has 0 spiro atoms. The van der Waals surface area contributed by atoms with Crippen LogP contribution in [0.2, 0.25) is 0 Å². The second-order valence-electron chi connectivity index (χ2n) is 7.61. The summed E-state index contributed by atoms with van der Waals surface area (Å²) in [6.07, 6.45) is 7.60. The molecule has 0 aromatic heterocycles. The Bertz CT molecular complexity index is 641. The molecular weight excluding hydrogens is 334 g/mol. The lowest BCUT2D eigenvalue weighted by Crippen LogP contribution is -2.34. The van der Waals surface area contributed by atoms with Gasteiger partial charge < -0.3 is 5.11 Å². The molecule has 2 aromatic carbocycles. The molecule has 0 amide bonds. The number of ketones is 1. The molecule has 1 aliphatic carbocycles. The average Bonchev–Trinajstić information content (AvgIpc) is 3.18. The van der Waals surface area contributed by atoms with Crippen molar-refractivity contribution in [2.45, 2.75) is 50.5 Å². The molecule has 0 atom stereocenters. The Morgan fingerprint density at radius 1 is 0.889 bits per heavy atom. The zero-order valence-corrected chi connectivity index (χ0v) is 16.1. The summed E-state index contributed by atoms with van der Waals surface area (Å²) in [4.78, 5) is 13.4. The van der Waals surface area contributed by atoms with Gasteiger partial charge in [0.25, 0.3) is 0 Å². The molecule has 144 valence electrons. The van der Waals surface area contributed by atoms with E-state index in [-0.39, 0.29) is 12.5 Å². The molecule has 1 N–H and O–H groups in total. The van der Waals surface area contributed by atoms with Gasteiger partial charge in [-0.15, -0.1) is 0 Å². The molecule has 0 unspecified atom stereocenters. The van der Waals surface area contributed by atoms with Gasteiger partial charge in [-0.2, -0.15) is 0 Å². The third-order valence-corrected chi connectivity index (χ3v) is 5.73. The Morgan fingerprint density at radius 2 is 1.44 bits per heavy atom. The monoisotopic (exact) mass is 365 g/mol. The molecule has 1 aliphatic heterocycles. The highest BCUT2D eigenvalue weighted by molar-refractivity contribution is 5.82. The Balaban J connectivity index is 0.000000159. The van der Waals surface area contributed by atoms with E-state index in [1.165, 1.54) is 32.1 Å². The van der Waals surface area contributed by atoms with Gasteiger partial charge in [0.05, 0.1) is 13.2 Å². The number of nitrogens with zero attached hydrogens (tertiary/aromatic N) is 1. The van der Waals surface area contributed by atoms with Crippen molar-refractivity contribution in [2.75, 3.05) is 19.7 Å². The number of benzene rings is 2. The van der Waals surface area contributed by atoms with E-state index in [0.29, 0.717) is 5.78 Å². The van der Waals surface area contributed by atoms with Gasteiger partial charge in [-0.3, -0.25) is 9.69 Å². The van der Waals surface area contributed by atoms with E-state index >= 15 is 0 Å². The van der Waals surface area contributed by atoms with E-state index in [1.54, 1.807) is 0 Å². The largest absolute Gasteiger partial charge is 0.395 e. The highest BCUT2D eigenvalue weighted by Gasteiger charge is 2.27. The quantitative estimate of drug-likeness (QED) is 0.873. The predicted octanol–water partition coefficient (Wildman–Crippen LogP) is 4.40. The van der Waals surface area contributed by atoms with Crippen LogP contribution in [0.1, 0.15) is 55.6 Å². The van der Waals surface area contributed by atoms with Crippen LogP contribution in [-0.2, 0) is 4.79 Å². The minimum Gasteiger partial charge on any atom is -0.395 e. The van der Waals surface area contributed by atoms with Crippen molar-refractivity contribution in [3.8, 4) is 0 Å². The summed E-state index contributed by atoms with van der Waals surface area (Å²) >= 11 is 0. The number of aliphatic hydroxyl groups excluding tert-OH is 1. The molecule has 27 heavy (non-hydrogen) atoms. The van der Waals surface area contributed by atoms with E-state index in [1.807, 2.05) is 60.7 Å². The highest BCUT2D eigenvalue weighted by Crippen LogP contribution is 2.25. The zero-order valence-electron chi connectivity index (χ0n) is 16.1. The van der Waals surface area contributed by atoms with Gasteiger partial charge in [-0.1, -0.05) is 79.9 Å². The Kier molecular flexibility index (Phi) is 7.61. The van der Waals surface area contributed by atoms with Crippen molar-refractivity contribution >= 4 is 5.78 Å². The summed E-state index contributed by atoms with van der Waals surface area (Å²) in [6.45, 7) is 1.92. The molecule has 2 aliphatic rings. The molecule has 3 nitrogen and oxygen atoms in total. The summed E-state index contributed by atoms with van der Waals surface area (Å²) in [5.74, 6) is 0.535. The third kappa shape index (κ3) is 5.75.